The quantitative estimate of drug-likeness (QED) is 0.609. The first kappa shape index (κ1) is 19.7. The van der Waals surface area contributed by atoms with Gasteiger partial charge in [-0.05, 0) is 23.3 Å². The van der Waals surface area contributed by atoms with Crippen molar-refractivity contribution in [1.29, 1.82) is 0 Å². The molecule has 0 saturated heterocycles. The van der Waals surface area contributed by atoms with Crippen molar-refractivity contribution in [3.05, 3.63) is 59.4 Å². The zero-order chi connectivity index (χ0) is 19.7. The molecule has 2 aromatic rings. The van der Waals surface area contributed by atoms with Crippen molar-refractivity contribution in [3.63, 3.8) is 0 Å². The van der Waals surface area contributed by atoms with Gasteiger partial charge >= 0.3 is 6.18 Å². The lowest BCUT2D eigenvalue weighted by Crippen LogP contribution is -2.47. The van der Waals surface area contributed by atoms with Crippen LogP contribution in [-0.4, -0.2) is 18.6 Å². The van der Waals surface area contributed by atoms with E-state index in [1.165, 1.54) is 0 Å². The summed E-state index contributed by atoms with van der Waals surface area (Å²) in [4.78, 5) is 10.8. The molecule has 140 valence electrons. The summed E-state index contributed by atoms with van der Waals surface area (Å²) in [7, 11) is 0. The average molecular weight is 379 g/mol. The van der Waals surface area contributed by atoms with Gasteiger partial charge in [0.25, 0.3) is 0 Å². The van der Waals surface area contributed by atoms with Gasteiger partial charge in [-0.1, -0.05) is 24.3 Å². The molecule has 0 spiro atoms. The van der Waals surface area contributed by atoms with Gasteiger partial charge in [-0.25, -0.2) is 17.6 Å². The first-order chi connectivity index (χ1) is 12.0. The molecule has 0 radical (unpaired) electrons. The summed E-state index contributed by atoms with van der Waals surface area (Å²) in [5, 5.41) is 1.78. The smallest absolute Gasteiger partial charge is 0.352 e. The Labute approximate surface area is 143 Å². The van der Waals surface area contributed by atoms with E-state index in [4.69, 9.17) is 0 Å². The summed E-state index contributed by atoms with van der Waals surface area (Å²) < 4.78 is 93.5. The molecule has 0 bridgehead atoms. The van der Waals surface area contributed by atoms with Gasteiger partial charge in [-0.15, -0.1) is 0 Å². The lowest BCUT2D eigenvalue weighted by Gasteiger charge is -2.28. The Morgan fingerprint density at radius 3 is 1.85 bits per heavy atom. The zero-order valence-corrected chi connectivity index (χ0v) is 13.2. The van der Waals surface area contributed by atoms with E-state index in [2.05, 4.69) is 0 Å². The van der Waals surface area contributed by atoms with E-state index >= 15 is 0 Å². The number of carbonyl (C=O) groups is 1. The largest absolute Gasteiger partial charge is 0.428 e. The van der Waals surface area contributed by atoms with Crippen molar-refractivity contribution in [2.24, 2.45) is 0 Å². The SMILES string of the molecule is CC(=O)NC[C@@](F)(c1ccc(-c2cc(F)c(F)c(F)c2)cc1)C(F)(F)F. The van der Waals surface area contributed by atoms with Crippen molar-refractivity contribution in [3.8, 4) is 11.1 Å². The number of halogens is 7. The molecule has 0 aliphatic rings. The van der Waals surface area contributed by atoms with Crippen LogP contribution in [0.25, 0.3) is 11.1 Å². The highest BCUT2D eigenvalue weighted by molar-refractivity contribution is 5.73. The highest BCUT2D eigenvalue weighted by Crippen LogP contribution is 2.42. The van der Waals surface area contributed by atoms with E-state index in [0.717, 1.165) is 31.2 Å². The van der Waals surface area contributed by atoms with Crippen LogP contribution in [0.1, 0.15) is 12.5 Å². The molecule has 1 N–H and O–H groups in total. The number of rotatable bonds is 4. The second kappa shape index (κ2) is 6.97. The molecule has 0 heterocycles. The van der Waals surface area contributed by atoms with Crippen molar-refractivity contribution in [2.75, 3.05) is 6.54 Å². The number of benzene rings is 2. The maximum atomic E-state index is 14.6. The van der Waals surface area contributed by atoms with Crippen LogP contribution in [0, 0.1) is 17.5 Å². The molecular weight excluding hydrogens is 367 g/mol. The molecule has 0 aliphatic carbocycles. The predicted octanol–water partition coefficient (Wildman–Crippen LogP) is 4.63. The average Bonchev–Trinajstić information content (AvgIpc) is 2.56. The highest BCUT2D eigenvalue weighted by Gasteiger charge is 2.57. The normalized spacial score (nSPS) is 14.0. The maximum absolute atomic E-state index is 14.6. The lowest BCUT2D eigenvalue weighted by molar-refractivity contribution is -0.233. The number of alkyl halides is 4. The monoisotopic (exact) mass is 379 g/mol. The summed E-state index contributed by atoms with van der Waals surface area (Å²) in [5.41, 5.74) is -4.73. The van der Waals surface area contributed by atoms with E-state index in [1.807, 2.05) is 0 Å². The Morgan fingerprint density at radius 2 is 1.42 bits per heavy atom. The van der Waals surface area contributed by atoms with Crippen LogP contribution in [0.2, 0.25) is 0 Å². The fourth-order valence-corrected chi connectivity index (χ4v) is 2.26. The topological polar surface area (TPSA) is 29.1 Å². The minimum absolute atomic E-state index is 0.0515. The minimum atomic E-state index is -5.31. The summed E-state index contributed by atoms with van der Waals surface area (Å²) in [6.07, 6.45) is -5.31. The van der Waals surface area contributed by atoms with Gasteiger partial charge in [0.15, 0.2) is 17.5 Å². The van der Waals surface area contributed by atoms with Gasteiger partial charge in [-0.2, -0.15) is 13.2 Å². The number of nitrogens with one attached hydrogen (secondary N) is 1. The molecule has 0 aliphatic heterocycles. The Kier molecular flexibility index (Phi) is 5.29. The second-order valence-electron chi connectivity index (χ2n) is 5.54. The van der Waals surface area contributed by atoms with Gasteiger partial charge in [0.05, 0.1) is 6.54 Å². The lowest BCUT2D eigenvalue weighted by atomic mass is 9.92. The second-order valence-corrected chi connectivity index (χ2v) is 5.54. The minimum Gasteiger partial charge on any atom is -0.352 e. The number of hydrogen-bond donors (Lipinski definition) is 1. The first-order valence-electron chi connectivity index (χ1n) is 7.21. The van der Waals surface area contributed by atoms with Crippen LogP contribution in [0.3, 0.4) is 0 Å². The number of hydrogen-bond acceptors (Lipinski definition) is 1. The Morgan fingerprint density at radius 1 is 0.923 bits per heavy atom. The molecule has 0 unspecified atom stereocenters. The van der Waals surface area contributed by atoms with Crippen LogP contribution < -0.4 is 5.32 Å². The number of carbonyl (C=O) groups excluding carboxylic acids is 1. The molecule has 0 saturated carbocycles. The van der Waals surface area contributed by atoms with Gasteiger partial charge in [0.1, 0.15) is 0 Å². The molecule has 2 rings (SSSR count). The van der Waals surface area contributed by atoms with Crippen molar-refractivity contribution in [2.45, 2.75) is 18.8 Å². The van der Waals surface area contributed by atoms with E-state index < -0.39 is 47.3 Å². The fraction of sp³-hybridized carbons (Fsp3) is 0.235. The fourth-order valence-electron chi connectivity index (χ4n) is 2.26. The molecule has 1 amide bonds. The third-order valence-electron chi connectivity index (χ3n) is 3.69. The highest BCUT2D eigenvalue weighted by atomic mass is 19.4. The summed E-state index contributed by atoms with van der Waals surface area (Å²) >= 11 is 0. The molecule has 0 fully saturated rings. The van der Waals surface area contributed by atoms with Crippen LogP contribution in [0.4, 0.5) is 30.7 Å². The molecule has 26 heavy (non-hydrogen) atoms. The van der Waals surface area contributed by atoms with Crippen molar-refractivity contribution < 1.29 is 35.5 Å². The molecule has 1 atom stereocenters. The molecule has 2 nitrogen and oxygen atoms in total. The first-order valence-corrected chi connectivity index (χ1v) is 7.21. The standard InChI is InChI=1S/C17H12F7NO/c1-9(26)25-8-16(21,17(22,23)24)12-4-2-10(3-5-12)11-6-13(18)15(20)14(19)7-11/h2-7H,8H2,1H3,(H,25,26)/t16-/m1/s1. The van der Waals surface area contributed by atoms with Gasteiger partial charge in [-0.3, -0.25) is 4.79 Å². The van der Waals surface area contributed by atoms with E-state index in [9.17, 15) is 35.5 Å². The Bertz CT molecular complexity index is 794. The summed E-state index contributed by atoms with van der Waals surface area (Å²) in [6.45, 7) is -0.386. The molecular formula is C17H12F7NO. The van der Waals surface area contributed by atoms with Gasteiger partial charge in [0, 0.05) is 12.5 Å². The van der Waals surface area contributed by atoms with E-state index in [0.29, 0.717) is 12.1 Å². The third kappa shape index (κ3) is 3.81. The van der Waals surface area contributed by atoms with Crippen LogP contribution >= 0.6 is 0 Å². The summed E-state index contributed by atoms with van der Waals surface area (Å²) in [5.74, 6) is -5.46. The van der Waals surface area contributed by atoms with E-state index in [-0.39, 0.29) is 11.1 Å². The van der Waals surface area contributed by atoms with Gasteiger partial charge < -0.3 is 5.32 Å². The van der Waals surface area contributed by atoms with Crippen LogP contribution in [0.15, 0.2) is 36.4 Å². The van der Waals surface area contributed by atoms with Gasteiger partial charge in [0.2, 0.25) is 11.6 Å². The maximum Gasteiger partial charge on any atom is 0.428 e. The van der Waals surface area contributed by atoms with Crippen molar-refractivity contribution >= 4 is 5.91 Å². The molecule has 0 aromatic heterocycles. The summed E-state index contributed by atoms with van der Waals surface area (Å²) in [6, 6.07) is 4.91. The molecule has 9 heteroatoms. The van der Waals surface area contributed by atoms with Crippen LogP contribution in [-0.2, 0) is 10.5 Å². The van der Waals surface area contributed by atoms with Crippen molar-refractivity contribution in [1.82, 2.24) is 5.32 Å². The van der Waals surface area contributed by atoms with Crippen LogP contribution in [0.5, 0.6) is 0 Å². The third-order valence-corrected chi connectivity index (χ3v) is 3.69. The zero-order valence-electron chi connectivity index (χ0n) is 13.2. The predicted molar refractivity (Wildman–Crippen MR) is 79.3 cm³/mol. The van der Waals surface area contributed by atoms with E-state index in [1.54, 1.807) is 5.32 Å². The Hall–Kier alpha value is -2.58. The molecule has 2 aromatic carbocycles. The Balaban J connectivity index is 2.42. The number of amides is 1.